The van der Waals surface area contributed by atoms with Gasteiger partial charge in [-0.3, -0.25) is 4.79 Å². The average molecular weight is 167 g/mol. The molecule has 0 saturated heterocycles. The third-order valence-electron chi connectivity index (χ3n) is 1.62. The molecule has 0 aliphatic rings. The van der Waals surface area contributed by atoms with Crippen molar-refractivity contribution in [2.24, 2.45) is 5.73 Å². The summed E-state index contributed by atoms with van der Waals surface area (Å²) in [7, 11) is 0. The van der Waals surface area contributed by atoms with Gasteiger partial charge in [0, 0.05) is 6.20 Å². The molecule has 4 heteroatoms. The Bertz CT molecular complexity index is 335. The summed E-state index contributed by atoms with van der Waals surface area (Å²) in [5, 5.41) is 0. The van der Waals surface area contributed by atoms with Crippen LogP contribution >= 0.6 is 0 Å². The number of aromatic amines is 1. The number of nitrogens with two attached hydrogens (primary N) is 1. The molecule has 0 aliphatic carbocycles. The van der Waals surface area contributed by atoms with E-state index in [-0.39, 0.29) is 5.56 Å². The van der Waals surface area contributed by atoms with Crippen LogP contribution in [0.3, 0.4) is 0 Å². The molecule has 4 nitrogen and oxygen atoms in total. The number of hydrogen-bond acceptors (Lipinski definition) is 3. The number of aryl methyl sites for hydroxylation is 1. The summed E-state index contributed by atoms with van der Waals surface area (Å²) in [5.41, 5.74) is 6.27. The minimum atomic E-state index is -0.505. The van der Waals surface area contributed by atoms with Crippen molar-refractivity contribution in [2.45, 2.75) is 26.3 Å². The number of H-pyrrole nitrogens is 1. The lowest BCUT2D eigenvalue weighted by atomic mass is 10.0. The molecule has 0 fully saturated rings. The molecule has 1 heterocycles. The van der Waals surface area contributed by atoms with Gasteiger partial charge in [0.05, 0.1) is 11.2 Å². The zero-order valence-corrected chi connectivity index (χ0v) is 7.51. The van der Waals surface area contributed by atoms with Crippen LogP contribution in [0.25, 0.3) is 0 Å². The van der Waals surface area contributed by atoms with Crippen molar-refractivity contribution in [1.82, 2.24) is 9.97 Å². The van der Waals surface area contributed by atoms with Crippen LogP contribution < -0.4 is 11.3 Å². The Morgan fingerprint density at radius 3 is 2.58 bits per heavy atom. The standard InChI is InChI=1S/C8H13N3O/c1-5-7(12)10-4-6(11-5)8(2,3)9/h4H,9H2,1-3H3,(H,10,12). The van der Waals surface area contributed by atoms with Gasteiger partial charge in [-0.25, -0.2) is 4.98 Å². The fourth-order valence-electron chi connectivity index (χ4n) is 0.832. The average Bonchev–Trinajstić information content (AvgIpc) is 1.92. The molecule has 0 saturated carbocycles. The van der Waals surface area contributed by atoms with Crippen LogP contribution in [0.5, 0.6) is 0 Å². The molecule has 0 radical (unpaired) electrons. The first kappa shape index (κ1) is 8.93. The second kappa shape index (κ2) is 2.71. The summed E-state index contributed by atoms with van der Waals surface area (Å²) < 4.78 is 0. The lowest BCUT2D eigenvalue weighted by Crippen LogP contribution is -2.31. The molecule has 12 heavy (non-hydrogen) atoms. The van der Waals surface area contributed by atoms with Gasteiger partial charge in [-0.05, 0) is 20.8 Å². The smallest absolute Gasteiger partial charge is 0.269 e. The molecule has 0 spiro atoms. The summed E-state index contributed by atoms with van der Waals surface area (Å²) >= 11 is 0. The Morgan fingerprint density at radius 2 is 2.17 bits per heavy atom. The minimum Gasteiger partial charge on any atom is -0.326 e. The topological polar surface area (TPSA) is 71.8 Å². The van der Waals surface area contributed by atoms with E-state index in [1.165, 1.54) is 0 Å². The zero-order chi connectivity index (χ0) is 9.35. The van der Waals surface area contributed by atoms with Gasteiger partial charge in [-0.15, -0.1) is 0 Å². The quantitative estimate of drug-likeness (QED) is 0.630. The first-order chi connectivity index (χ1) is 5.41. The van der Waals surface area contributed by atoms with Gasteiger partial charge < -0.3 is 10.7 Å². The molecule has 0 amide bonds. The van der Waals surface area contributed by atoms with Crippen LogP contribution in [0, 0.1) is 6.92 Å². The predicted octanol–water partition coefficient (Wildman–Crippen LogP) is 0.272. The Hall–Kier alpha value is -1.16. The summed E-state index contributed by atoms with van der Waals surface area (Å²) in [5.74, 6) is 0. The third kappa shape index (κ3) is 1.71. The second-order valence-corrected chi connectivity index (χ2v) is 3.42. The van der Waals surface area contributed by atoms with Gasteiger partial charge in [-0.1, -0.05) is 0 Å². The van der Waals surface area contributed by atoms with E-state index >= 15 is 0 Å². The minimum absolute atomic E-state index is 0.164. The van der Waals surface area contributed by atoms with Gasteiger partial charge in [0.2, 0.25) is 0 Å². The fourth-order valence-corrected chi connectivity index (χ4v) is 0.832. The maximum atomic E-state index is 10.9. The first-order valence-electron chi connectivity index (χ1n) is 3.77. The summed E-state index contributed by atoms with van der Waals surface area (Å²) in [6.45, 7) is 5.34. The molecular weight excluding hydrogens is 154 g/mol. The van der Waals surface area contributed by atoms with Crippen molar-refractivity contribution in [3.63, 3.8) is 0 Å². The molecule has 0 unspecified atom stereocenters. The summed E-state index contributed by atoms with van der Waals surface area (Å²) in [4.78, 5) is 17.6. The molecule has 0 aromatic carbocycles. The van der Waals surface area contributed by atoms with E-state index in [1.54, 1.807) is 13.1 Å². The van der Waals surface area contributed by atoms with Gasteiger partial charge in [-0.2, -0.15) is 0 Å². The Balaban J connectivity index is 3.23. The Kier molecular flexibility index (Phi) is 2.02. The molecule has 1 rings (SSSR count). The van der Waals surface area contributed by atoms with E-state index in [2.05, 4.69) is 9.97 Å². The molecule has 1 aromatic rings. The molecule has 0 aliphatic heterocycles. The maximum absolute atomic E-state index is 10.9. The van der Waals surface area contributed by atoms with E-state index in [0.717, 1.165) is 0 Å². The van der Waals surface area contributed by atoms with Crippen molar-refractivity contribution >= 4 is 0 Å². The van der Waals surface area contributed by atoms with Gasteiger partial charge in [0.25, 0.3) is 5.56 Å². The van der Waals surface area contributed by atoms with Crippen LogP contribution in [0.15, 0.2) is 11.0 Å². The van der Waals surface area contributed by atoms with Crippen LogP contribution in [0.2, 0.25) is 0 Å². The van der Waals surface area contributed by atoms with Gasteiger partial charge >= 0.3 is 0 Å². The van der Waals surface area contributed by atoms with Crippen molar-refractivity contribution in [3.8, 4) is 0 Å². The third-order valence-corrected chi connectivity index (χ3v) is 1.62. The zero-order valence-electron chi connectivity index (χ0n) is 7.51. The van der Waals surface area contributed by atoms with Crippen molar-refractivity contribution < 1.29 is 0 Å². The Morgan fingerprint density at radius 1 is 1.58 bits per heavy atom. The Labute approximate surface area is 70.8 Å². The fraction of sp³-hybridized carbons (Fsp3) is 0.500. The molecule has 3 N–H and O–H groups in total. The highest BCUT2D eigenvalue weighted by molar-refractivity contribution is 5.10. The summed E-state index contributed by atoms with van der Waals surface area (Å²) in [6, 6.07) is 0. The number of rotatable bonds is 1. The van der Waals surface area contributed by atoms with Crippen LogP contribution in [0.1, 0.15) is 25.2 Å². The number of nitrogens with one attached hydrogen (secondary N) is 1. The highest BCUT2D eigenvalue weighted by Crippen LogP contribution is 2.11. The number of hydrogen-bond donors (Lipinski definition) is 2. The van der Waals surface area contributed by atoms with E-state index in [9.17, 15) is 4.79 Å². The number of aromatic nitrogens is 2. The molecule has 0 bridgehead atoms. The first-order valence-corrected chi connectivity index (χ1v) is 3.77. The highest BCUT2D eigenvalue weighted by atomic mass is 16.1. The van der Waals surface area contributed by atoms with Crippen molar-refractivity contribution in [2.75, 3.05) is 0 Å². The largest absolute Gasteiger partial charge is 0.326 e. The van der Waals surface area contributed by atoms with E-state index in [4.69, 9.17) is 5.73 Å². The van der Waals surface area contributed by atoms with E-state index in [1.807, 2.05) is 13.8 Å². The molecule has 0 atom stereocenters. The van der Waals surface area contributed by atoms with Crippen molar-refractivity contribution in [1.29, 1.82) is 0 Å². The van der Waals surface area contributed by atoms with E-state index in [0.29, 0.717) is 11.4 Å². The SMILES string of the molecule is Cc1nc(C(C)(C)N)c[nH]c1=O. The summed E-state index contributed by atoms with van der Waals surface area (Å²) in [6.07, 6.45) is 1.55. The highest BCUT2D eigenvalue weighted by Gasteiger charge is 2.16. The second-order valence-electron chi connectivity index (χ2n) is 3.42. The maximum Gasteiger partial charge on any atom is 0.269 e. The van der Waals surface area contributed by atoms with E-state index < -0.39 is 5.54 Å². The lowest BCUT2D eigenvalue weighted by Gasteiger charge is -2.17. The van der Waals surface area contributed by atoms with Crippen LogP contribution in [0.4, 0.5) is 0 Å². The van der Waals surface area contributed by atoms with Gasteiger partial charge in [0.1, 0.15) is 5.69 Å². The molecular formula is C8H13N3O. The lowest BCUT2D eigenvalue weighted by molar-refractivity contribution is 0.529. The predicted molar refractivity (Wildman–Crippen MR) is 46.8 cm³/mol. The molecule has 1 aromatic heterocycles. The van der Waals surface area contributed by atoms with Gasteiger partial charge in [0.15, 0.2) is 0 Å². The van der Waals surface area contributed by atoms with Crippen molar-refractivity contribution in [3.05, 3.63) is 27.9 Å². The normalized spacial score (nSPS) is 11.7. The number of nitrogens with zero attached hydrogens (tertiary/aromatic N) is 1. The van der Waals surface area contributed by atoms with Crippen LogP contribution in [-0.4, -0.2) is 9.97 Å². The molecule has 66 valence electrons. The monoisotopic (exact) mass is 167 g/mol. The van der Waals surface area contributed by atoms with Crippen LogP contribution in [-0.2, 0) is 5.54 Å².